The molecule has 0 bridgehead atoms. The molecule has 0 aliphatic heterocycles. The number of fused-ring (bicyclic) bond motifs is 9. The summed E-state index contributed by atoms with van der Waals surface area (Å²) in [6.07, 6.45) is 0. The average Bonchev–Trinajstić information content (AvgIpc) is 4.11. The Bertz CT molecular complexity index is 3870. The number of rotatable bonds is 6. The van der Waals surface area contributed by atoms with Crippen LogP contribution in [0.25, 0.3) is 117 Å². The van der Waals surface area contributed by atoms with Gasteiger partial charge in [0, 0.05) is 66.4 Å². The minimum absolute atomic E-state index is 0.780. The van der Waals surface area contributed by atoms with Crippen molar-refractivity contribution < 1.29 is 4.42 Å². The molecule has 13 rings (SSSR count). The Balaban J connectivity index is 1.00. The number of aromatic nitrogens is 5. The van der Waals surface area contributed by atoms with Crippen LogP contribution in [0.3, 0.4) is 0 Å². The third-order valence-corrected chi connectivity index (χ3v) is 12.4. The maximum absolute atomic E-state index is 6.45. The van der Waals surface area contributed by atoms with Crippen LogP contribution in [0.4, 0.5) is 0 Å². The fraction of sp³-hybridized carbons (Fsp3) is 0. The second kappa shape index (κ2) is 13.5. The summed E-state index contributed by atoms with van der Waals surface area (Å²) in [5.41, 5.74) is 13.7. The third-order valence-electron chi connectivity index (χ3n) is 12.4. The fourth-order valence-corrected chi connectivity index (χ4v) is 9.63. The second-order valence-electron chi connectivity index (χ2n) is 15.9. The highest BCUT2D eigenvalue weighted by molar-refractivity contribution is 6.17. The molecule has 9 aromatic carbocycles. The Morgan fingerprint density at radius 1 is 0.306 bits per heavy atom. The minimum Gasteiger partial charge on any atom is -0.456 e. The Kier molecular flexibility index (Phi) is 7.50. The van der Waals surface area contributed by atoms with Crippen molar-refractivity contribution in [2.24, 2.45) is 0 Å². The maximum Gasteiger partial charge on any atom is 0.168 e. The zero-order chi connectivity index (χ0) is 40.7. The number of hydrogen-bond acceptors (Lipinski definition) is 3. The van der Waals surface area contributed by atoms with Gasteiger partial charge < -0.3 is 13.6 Å². The van der Waals surface area contributed by atoms with Crippen molar-refractivity contribution in [3.63, 3.8) is 0 Å². The van der Waals surface area contributed by atoms with Crippen LogP contribution in [0.2, 0.25) is 0 Å². The molecule has 290 valence electrons. The van der Waals surface area contributed by atoms with E-state index in [1.54, 1.807) is 0 Å². The van der Waals surface area contributed by atoms with E-state index in [-0.39, 0.29) is 0 Å². The van der Waals surface area contributed by atoms with E-state index in [1.807, 2.05) is 36.4 Å². The highest BCUT2D eigenvalue weighted by Crippen LogP contribution is 2.42. The highest BCUT2D eigenvalue weighted by atomic mass is 16.3. The maximum atomic E-state index is 6.45. The smallest absolute Gasteiger partial charge is 0.168 e. The van der Waals surface area contributed by atoms with Gasteiger partial charge in [0.05, 0.1) is 27.8 Å². The quantitative estimate of drug-likeness (QED) is 0.168. The Hall–Kier alpha value is -8.48. The number of para-hydroxylation sites is 5. The summed E-state index contributed by atoms with van der Waals surface area (Å²) in [7, 11) is 0. The van der Waals surface area contributed by atoms with Crippen LogP contribution in [0.15, 0.2) is 217 Å². The lowest BCUT2D eigenvalue weighted by Crippen LogP contribution is -2.00. The summed E-state index contributed by atoms with van der Waals surface area (Å²) in [5.74, 6) is 1.58. The van der Waals surface area contributed by atoms with Crippen molar-refractivity contribution >= 4 is 65.6 Å². The van der Waals surface area contributed by atoms with Gasteiger partial charge in [0.15, 0.2) is 11.6 Å². The number of hydrogen-bond donors (Lipinski definition) is 0. The van der Waals surface area contributed by atoms with Crippen molar-refractivity contribution in [3.8, 4) is 51.0 Å². The Morgan fingerprint density at radius 3 is 1.73 bits per heavy atom. The van der Waals surface area contributed by atoms with Crippen LogP contribution < -0.4 is 0 Å². The first-order valence-electron chi connectivity index (χ1n) is 20.9. The number of nitrogens with zero attached hydrogens (tertiary/aromatic N) is 5. The molecule has 0 atom stereocenters. The number of benzene rings is 9. The van der Waals surface area contributed by atoms with E-state index in [0.29, 0.717) is 0 Å². The normalized spacial score (nSPS) is 11.9. The van der Waals surface area contributed by atoms with Gasteiger partial charge in [-0.25, -0.2) is 0 Å². The van der Waals surface area contributed by atoms with E-state index in [2.05, 4.69) is 190 Å². The van der Waals surface area contributed by atoms with E-state index in [1.165, 1.54) is 21.5 Å². The van der Waals surface area contributed by atoms with Crippen LogP contribution in [-0.4, -0.2) is 23.9 Å². The first-order chi connectivity index (χ1) is 30.8. The molecular formula is C56H35N5O. The molecule has 62 heavy (non-hydrogen) atoms. The summed E-state index contributed by atoms with van der Waals surface area (Å²) in [5, 5.41) is 16.7. The van der Waals surface area contributed by atoms with Crippen molar-refractivity contribution in [2.75, 3.05) is 0 Å². The van der Waals surface area contributed by atoms with Gasteiger partial charge in [0.2, 0.25) is 0 Å². The molecule has 13 aromatic rings. The molecule has 0 radical (unpaired) electrons. The summed E-state index contributed by atoms with van der Waals surface area (Å²) in [4.78, 5) is 0. The van der Waals surface area contributed by atoms with E-state index in [0.717, 1.165) is 95.0 Å². The number of furan rings is 1. The topological polar surface area (TPSA) is 53.7 Å². The fourth-order valence-electron chi connectivity index (χ4n) is 9.63. The van der Waals surface area contributed by atoms with Crippen LogP contribution >= 0.6 is 0 Å². The second-order valence-corrected chi connectivity index (χ2v) is 15.9. The van der Waals surface area contributed by atoms with Gasteiger partial charge in [-0.05, 0) is 66.2 Å². The SMILES string of the molecule is c1ccc(-c2nnc(-c3ccc4c5ccccc5n(-c5cccc(-c6ccccc6-n6c7ccccc7c7cc8c(cc76)oc6ccccc68)c5)c4c3)n2-c2ccccc2)cc1. The van der Waals surface area contributed by atoms with E-state index in [4.69, 9.17) is 14.6 Å². The molecule has 4 heterocycles. The molecule has 0 spiro atoms. The Morgan fingerprint density at radius 2 is 0.903 bits per heavy atom. The standard InChI is InChI=1S/C56H35N5O/c1-3-16-36(17-4-1)55-57-58-56(60(55)39-19-5-2-6-20-39)38-30-31-44-42-23-8-12-27-49(42)59(51(44)33-38)40-21-15-18-37(32-40)41-22-7-11-26-48(41)61-50-28-13-9-24-43(50)46-34-47-45-25-10-14-29-53(45)62-54(47)35-52(46)61/h1-35H. The molecule has 4 aromatic heterocycles. The average molecular weight is 794 g/mol. The van der Waals surface area contributed by atoms with Crippen molar-refractivity contribution in [2.45, 2.75) is 0 Å². The predicted molar refractivity (Wildman–Crippen MR) is 254 cm³/mol. The van der Waals surface area contributed by atoms with Gasteiger partial charge in [-0.3, -0.25) is 4.57 Å². The molecule has 0 fully saturated rings. The van der Waals surface area contributed by atoms with Crippen LogP contribution in [0.1, 0.15) is 0 Å². The zero-order valence-electron chi connectivity index (χ0n) is 33.4. The molecular weight excluding hydrogens is 759 g/mol. The monoisotopic (exact) mass is 793 g/mol. The lowest BCUT2D eigenvalue weighted by atomic mass is 10.0. The zero-order valence-corrected chi connectivity index (χ0v) is 33.4. The van der Waals surface area contributed by atoms with Gasteiger partial charge in [0.25, 0.3) is 0 Å². The molecule has 0 aliphatic rings. The van der Waals surface area contributed by atoms with Gasteiger partial charge in [0.1, 0.15) is 11.2 Å². The van der Waals surface area contributed by atoms with Crippen LogP contribution in [0, 0.1) is 0 Å². The molecule has 0 amide bonds. The highest BCUT2D eigenvalue weighted by Gasteiger charge is 2.22. The third kappa shape index (κ3) is 5.17. The van der Waals surface area contributed by atoms with Crippen molar-refractivity contribution in [1.82, 2.24) is 23.9 Å². The first kappa shape index (κ1) is 34.4. The molecule has 6 heteroatoms. The van der Waals surface area contributed by atoms with Crippen molar-refractivity contribution in [1.29, 1.82) is 0 Å². The van der Waals surface area contributed by atoms with Gasteiger partial charge >= 0.3 is 0 Å². The van der Waals surface area contributed by atoms with E-state index >= 15 is 0 Å². The molecule has 0 N–H and O–H groups in total. The largest absolute Gasteiger partial charge is 0.456 e. The summed E-state index contributed by atoms with van der Waals surface area (Å²) < 4.78 is 13.4. The van der Waals surface area contributed by atoms with E-state index < -0.39 is 0 Å². The molecule has 0 aliphatic carbocycles. The van der Waals surface area contributed by atoms with Gasteiger partial charge in [-0.15, -0.1) is 10.2 Å². The molecule has 0 unspecified atom stereocenters. The lowest BCUT2D eigenvalue weighted by molar-refractivity contribution is 0.669. The summed E-state index contributed by atoms with van der Waals surface area (Å²) >= 11 is 0. The lowest BCUT2D eigenvalue weighted by Gasteiger charge is -2.16. The van der Waals surface area contributed by atoms with E-state index in [9.17, 15) is 0 Å². The minimum atomic E-state index is 0.780. The molecule has 6 nitrogen and oxygen atoms in total. The van der Waals surface area contributed by atoms with Crippen LogP contribution in [0.5, 0.6) is 0 Å². The molecule has 0 saturated heterocycles. The van der Waals surface area contributed by atoms with Gasteiger partial charge in [-0.1, -0.05) is 146 Å². The Labute approximate surface area is 355 Å². The molecule has 0 saturated carbocycles. The summed E-state index contributed by atoms with van der Waals surface area (Å²) in [6, 6.07) is 75.2. The first-order valence-corrected chi connectivity index (χ1v) is 20.9. The van der Waals surface area contributed by atoms with Crippen molar-refractivity contribution in [3.05, 3.63) is 212 Å². The van der Waals surface area contributed by atoms with Crippen LogP contribution in [-0.2, 0) is 0 Å². The predicted octanol–water partition coefficient (Wildman–Crippen LogP) is 14.4. The summed E-state index contributed by atoms with van der Waals surface area (Å²) in [6.45, 7) is 0. The van der Waals surface area contributed by atoms with Gasteiger partial charge in [-0.2, -0.15) is 0 Å².